The van der Waals surface area contributed by atoms with Crippen LogP contribution in [0.25, 0.3) is 11.5 Å². The lowest BCUT2D eigenvalue weighted by molar-refractivity contribution is 0.0767. The summed E-state index contributed by atoms with van der Waals surface area (Å²) in [4.78, 5) is 35.2. The van der Waals surface area contributed by atoms with Crippen molar-refractivity contribution in [2.75, 3.05) is 0 Å². The van der Waals surface area contributed by atoms with E-state index >= 15 is 0 Å². The predicted molar refractivity (Wildman–Crippen MR) is 143 cm³/mol. The second kappa shape index (κ2) is 10.2. The Labute approximate surface area is 224 Å². The average Bonchev–Trinajstić information content (AvgIpc) is 2.83. The van der Waals surface area contributed by atoms with Crippen LogP contribution in [0.5, 0.6) is 5.75 Å². The van der Waals surface area contributed by atoms with Gasteiger partial charge in [-0.15, -0.1) is 0 Å². The lowest BCUT2D eigenvalue weighted by Gasteiger charge is -2.21. The van der Waals surface area contributed by atoms with Gasteiger partial charge in [0, 0.05) is 41.5 Å². The summed E-state index contributed by atoms with van der Waals surface area (Å²) in [5.41, 5.74) is 0.922. The number of hydrogen-bond donors (Lipinski definition) is 1. The lowest BCUT2D eigenvalue weighted by atomic mass is 10.00. The highest BCUT2D eigenvalue weighted by Crippen LogP contribution is 2.28. The monoisotopic (exact) mass is 538 g/mol. The predicted octanol–water partition coefficient (Wildman–Crippen LogP) is 4.61. The second-order valence-electron chi connectivity index (χ2n) is 9.73. The molecule has 38 heavy (non-hydrogen) atoms. The molecule has 0 aliphatic carbocycles. The molecule has 0 saturated carbocycles. The fourth-order valence-corrected chi connectivity index (χ4v) is 4.50. The zero-order valence-electron chi connectivity index (χ0n) is 22.0. The number of rotatable bonds is 6. The number of halogens is 2. The highest BCUT2D eigenvalue weighted by molar-refractivity contribution is 6.31. The van der Waals surface area contributed by atoms with E-state index in [1.165, 1.54) is 35.2 Å². The molecule has 0 radical (unpaired) electrons. The van der Waals surface area contributed by atoms with Crippen molar-refractivity contribution in [1.82, 2.24) is 19.1 Å². The molecule has 4 aromatic heterocycles. The Morgan fingerprint density at radius 1 is 1.08 bits per heavy atom. The topological polar surface area (TPSA) is 99.2 Å². The van der Waals surface area contributed by atoms with Gasteiger partial charge in [-0.2, -0.15) is 0 Å². The SMILES string of the molecule is Cc1cnc(COc2cc(C)n(-c3c(C)cnc(-n4cccc(C(C)(C)O)c4=O)c3C)c(=O)c2Cl)c(F)c1. The fraction of sp³-hybridized carbons (Fsp3) is 0.286. The van der Waals surface area contributed by atoms with E-state index in [1.807, 2.05) is 0 Å². The van der Waals surface area contributed by atoms with E-state index in [2.05, 4.69) is 9.97 Å². The molecule has 0 unspecified atom stereocenters. The maximum absolute atomic E-state index is 14.2. The van der Waals surface area contributed by atoms with E-state index in [9.17, 15) is 19.1 Å². The van der Waals surface area contributed by atoms with Gasteiger partial charge in [0.25, 0.3) is 11.1 Å². The summed E-state index contributed by atoms with van der Waals surface area (Å²) in [6, 6.07) is 6.16. The molecular weight excluding hydrogens is 511 g/mol. The molecule has 198 valence electrons. The number of pyridine rings is 4. The zero-order chi connectivity index (χ0) is 27.9. The van der Waals surface area contributed by atoms with Crippen LogP contribution >= 0.6 is 11.6 Å². The number of aromatic nitrogens is 4. The number of aliphatic hydroxyl groups is 1. The molecular formula is C28H28ClFN4O4. The number of ether oxygens (including phenoxy) is 1. The first-order valence-electron chi connectivity index (χ1n) is 11.9. The fourth-order valence-electron chi connectivity index (χ4n) is 4.31. The van der Waals surface area contributed by atoms with Crippen molar-refractivity contribution < 1.29 is 14.2 Å². The van der Waals surface area contributed by atoms with Crippen LogP contribution in [0.4, 0.5) is 4.39 Å². The van der Waals surface area contributed by atoms with Crippen LogP contribution in [0.3, 0.4) is 0 Å². The Kier molecular flexibility index (Phi) is 7.27. The summed E-state index contributed by atoms with van der Waals surface area (Å²) in [7, 11) is 0. The lowest BCUT2D eigenvalue weighted by Crippen LogP contribution is -2.32. The molecule has 1 N–H and O–H groups in total. The normalized spacial score (nSPS) is 11.6. The van der Waals surface area contributed by atoms with Gasteiger partial charge in [0.2, 0.25) is 0 Å². The van der Waals surface area contributed by atoms with Gasteiger partial charge in [-0.25, -0.2) is 9.37 Å². The third kappa shape index (κ3) is 4.99. The summed E-state index contributed by atoms with van der Waals surface area (Å²) in [5.74, 6) is -0.0955. The van der Waals surface area contributed by atoms with Crippen LogP contribution in [0.15, 0.2) is 52.4 Å². The Hall–Kier alpha value is -3.82. The molecule has 0 spiro atoms. The van der Waals surface area contributed by atoms with Crippen molar-refractivity contribution >= 4 is 11.6 Å². The molecule has 10 heteroatoms. The quantitative estimate of drug-likeness (QED) is 0.385. The van der Waals surface area contributed by atoms with Gasteiger partial charge in [0.15, 0.2) is 0 Å². The van der Waals surface area contributed by atoms with Gasteiger partial charge in [-0.1, -0.05) is 11.6 Å². The third-order valence-corrected chi connectivity index (χ3v) is 6.57. The minimum absolute atomic E-state index is 0.0951. The van der Waals surface area contributed by atoms with Crippen LogP contribution in [-0.4, -0.2) is 24.2 Å². The summed E-state index contributed by atoms with van der Waals surface area (Å²) < 4.78 is 22.7. The van der Waals surface area contributed by atoms with Crippen molar-refractivity contribution in [3.63, 3.8) is 0 Å². The van der Waals surface area contributed by atoms with Gasteiger partial charge in [-0.05, 0) is 70.9 Å². The summed E-state index contributed by atoms with van der Waals surface area (Å²) in [5, 5.41) is 10.3. The number of hydrogen-bond acceptors (Lipinski definition) is 6. The molecule has 8 nitrogen and oxygen atoms in total. The maximum Gasteiger partial charge on any atom is 0.277 e. The second-order valence-corrected chi connectivity index (χ2v) is 10.1. The summed E-state index contributed by atoms with van der Waals surface area (Å²) in [6.45, 7) is 9.87. The average molecular weight is 539 g/mol. The Morgan fingerprint density at radius 2 is 1.79 bits per heavy atom. The first kappa shape index (κ1) is 27.2. The van der Waals surface area contributed by atoms with Gasteiger partial charge in [0.1, 0.15) is 34.7 Å². The molecule has 0 bridgehead atoms. The van der Waals surface area contributed by atoms with Crippen molar-refractivity contribution in [2.45, 2.75) is 53.8 Å². The summed E-state index contributed by atoms with van der Waals surface area (Å²) >= 11 is 6.44. The molecule has 0 amide bonds. The van der Waals surface area contributed by atoms with E-state index in [1.54, 1.807) is 58.3 Å². The van der Waals surface area contributed by atoms with E-state index in [-0.39, 0.29) is 28.6 Å². The highest BCUT2D eigenvalue weighted by atomic mass is 35.5. The molecule has 0 atom stereocenters. The van der Waals surface area contributed by atoms with Gasteiger partial charge < -0.3 is 9.84 Å². The standard InChI is InChI=1S/C28H28ClFN4O4/c1-15-10-20(30)21(31-12-15)14-38-22-11-17(3)34(27(36)23(22)29)24-16(2)13-32-25(18(24)4)33-9-7-8-19(26(33)35)28(5,6)37/h7-13,37H,14H2,1-6H3. The molecule has 4 heterocycles. The molecule has 4 rings (SSSR count). The van der Waals surface area contributed by atoms with Gasteiger partial charge in [0.05, 0.1) is 11.3 Å². The number of nitrogens with zero attached hydrogens (tertiary/aromatic N) is 4. The van der Waals surface area contributed by atoms with Gasteiger partial charge >= 0.3 is 0 Å². The van der Waals surface area contributed by atoms with E-state index < -0.39 is 22.5 Å². The van der Waals surface area contributed by atoms with Gasteiger partial charge in [-0.3, -0.25) is 23.7 Å². The van der Waals surface area contributed by atoms with Crippen molar-refractivity contribution in [2.24, 2.45) is 0 Å². The highest BCUT2D eigenvalue weighted by Gasteiger charge is 2.24. The van der Waals surface area contributed by atoms with Crippen molar-refractivity contribution in [1.29, 1.82) is 0 Å². The van der Waals surface area contributed by atoms with Crippen LogP contribution < -0.4 is 15.9 Å². The molecule has 4 aromatic rings. The first-order valence-corrected chi connectivity index (χ1v) is 12.3. The molecule has 0 aliphatic heterocycles. The van der Waals surface area contributed by atoms with E-state index in [4.69, 9.17) is 16.3 Å². The molecule has 0 aromatic carbocycles. The molecule has 0 aliphatic rings. The minimum atomic E-state index is -1.35. The molecule has 0 saturated heterocycles. The van der Waals surface area contributed by atoms with Crippen LogP contribution in [0.2, 0.25) is 5.02 Å². The van der Waals surface area contributed by atoms with E-state index in [0.717, 1.165) is 0 Å². The Balaban J connectivity index is 1.81. The zero-order valence-corrected chi connectivity index (χ0v) is 22.7. The van der Waals surface area contributed by atoms with Crippen LogP contribution in [-0.2, 0) is 12.2 Å². The van der Waals surface area contributed by atoms with Crippen LogP contribution in [0, 0.1) is 33.5 Å². The van der Waals surface area contributed by atoms with Crippen molar-refractivity contribution in [3.05, 3.63) is 108 Å². The maximum atomic E-state index is 14.2. The van der Waals surface area contributed by atoms with Crippen LogP contribution in [0.1, 0.15) is 47.5 Å². The number of aryl methyl sites for hydroxylation is 3. The van der Waals surface area contributed by atoms with E-state index in [0.29, 0.717) is 33.9 Å². The van der Waals surface area contributed by atoms with Crippen molar-refractivity contribution in [3.8, 4) is 17.3 Å². The Bertz CT molecular complexity index is 1670. The first-order chi connectivity index (χ1) is 17.8. The smallest absolute Gasteiger partial charge is 0.277 e. The minimum Gasteiger partial charge on any atom is -0.485 e. The molecule has 0 fully saturated rings. The largest absolute Gasteiger partial charge is 0.485 e. The summed E-state index contributed by atoms with van der Waals surface area (Å²) in [6.07, 6.45) is 4.66. The Morgan fingerprint density at radius 3 is 2.45 bits per heavy atom. The third-order valence-electron chi connectivity index (χ3n) is 6.22.